The Kier molecular flexibility index (Phi) is 2.92. The molecule has 0 aliphatic carbocycles. The fourth-order valence-corrected chi connectivity index (χ4v) is 2.29. The van der Waals surface area contributed by atoms with Crippen LogP contribution in [0.15, 0.2) is 35.7 Å². The lowest BCUT2D eigenvalue weighted by molar-refractivity contribution is -0.254. The number of hydrogen-bond donors (Lipinski definition) is 0. The molecule has 3 nitrogen and oxygen atoms in total. The van der Waals surface area contributed by atoms with E-state index in [-0.39, 0.29) is 4.88 Å². The summed E-state index contributed by atoms with van der Waals surface area (Å²) in [4.78, 5) is 11.1. The van der Waals surface area contributed by atoms with Crippen molar-refractivity contribution in [1.82, 2.24) is 0 Å². The summed E-state index contributed by atoms with van der Waals surface area (Å²) < 4.78 is 5.20. The van der Waals surface area contributed by atoms with Gasteiger partial charge >= 0.3 is 0 Å². The third kappa shape index (κ3) is 1.79. The number of para-hydroxylation sites is 1. The van der Waals surface area contributed by atoms with Crippen LogP contribution in [0.1, 0.15) is 9.67 Å². The Hall–Kier alpha value is -1.81. The molecule has 0 N–H and O–H groups in total. The van der Waals surface area contributed by atoms with Crippen LogP contribution in [0.5, 0.6) is 5.75 Å². The van der Waals surface area contributed by atoms with Crippen molar-refractivity contribution in [2.75, 3.05) is 7.11 Å². The fourth-order valence-electron chi connectivity index (χ4n) is 1.55. The first-order valence-electron chi connectivity index (χ1n) is 4.66. The van der Waals surface area contributed by atoms with E-state index in [4.69, 9.17) is 4.74 Å². The van der Waals surface area contributed by atoms with E-state index in [1.807, 2.05) is 18.2 Å². The first kappa shape index (κ1) is 10.7. The van der Waals surface area contributed by atoms with Crippen molar-refractivity contribution >= 4 is 17.3 Å². The molecule has 16 heavy (non-hydrogen) atoms. The van der Waals surface area contributed by atoms with Crippen LogP contribution in [-0.2, 0) is 0 Å². The van der Waals surface area contributed by atoms with E-state index < -0.39 is 5.97 Å². The Labute approximate surface area is 96.9 Å². The van der Waals surface area contributed by atoms with Gasteiger partial charge in [-0.3, -0.25) is 0 Å². The summed E-state index contributed by atoms with van der Waals surface area (Å²) in [6.45, 7) is 0. The number of aromatic carboxylic acids is 1. The largest absolute Gasteiger partial charge is 0.544 e. The molecule has 0 spiro atoms. The quantitative estimate of drug-likeness (QED) is 0.812. The maximum atomic E-state index is 10.9. The number of hydrogen-bond acceptors (Lipinski definition) is 4. The average molecular weight is 233 g/mol. The highest BCUT2D eigenvalue weighted by Gasteiger charge is 2.11. The van der Waals surface area contributed by atoms with E-state index in [9.17, 15) is 9.90 Å². The fraction of sp³-hybridized carbons (Fsp3) is 0.0833. The second-order valence-electron chi connectivity index (χ2n) is 3.15. The van der Waals surface area contributed by atoms with Crippen LogP contribution >= 0.6 is 11.3 Å². The minimum absolute atomic E-state index is 0.226. The highest BCUT2D eigenvalue weighted by molar-refractivity contribution is 7.12. The SMILES string of the molecule is COc1ccccc1-c1ccsc1C(=O)[O-]. The van der Waals surface area contributed by atoms with E-state index in [2.05, 4.69) is 0 Å². The maximum Gasteiger partial charge on any atom is 0.126 e. The first-order valence-corrected chi connectivity index (χ1v) is 5.54. The molecule has 0 saturated carbocycles. The van der Waals surface area contributed by atoms with E-state index in [1.165, 1.54) is 0 Å². The van der Waals surface area contributed by atoms with Crippen molar-refractivity contribution in [3.8, 4) is 16.9 Å². The van der Waals surface area contributed by atoms with Crippen LogP contribution in [0, 0.1) is 0 Å². The van der Waals surface area contributed by atoms with Gasteiger partial charge in [0.15, 0.2) is 0 Å². The number of carboxylic acid groups (broad SMARTS) is 1. The molecule has 4 heteroatoms. The smallest absolute Gasteiger partial charge is 0.126 e. The minimum Gasteiger partial charge on any atom is -0.544 e. The average Bonchev–Trinajstić information content (AvgIpc) is 2.77. The summed E-state index contributed by atoms with van der Waals surface area (Å²) in [5, 5.41) is 12.6. The number of carboxylic acids is 1. The summed E-state index contributed by atoms with van der Waals surface area (Å²) in [5.41, 5.74) is 1.41. The van der Waals surface area contributed by atoms with E-state index in [0.29, 0.717) is 11.3 Å². The highest BCUT2D eigenvalue weighted by Crippen LogP contribution is 2.34. The third-order valence-corrected chi connectivity index (χ3v) is 3.14. The molecule has 0 aliphatic rings. The van der Waals surface area contributed by atoms with Gasteiger partial charge in [-0.15, -0.1) is 11.3 Å². The molecule has 0 radical (unpaired) electrons. The molecule has 0 atom stereocenters. The van der Waals surface area contributed by atoms with Gasteiger partial charge < -0.3 is 14.6 Å². The monoisotopic (exact) mass is 233 g/mol. The molecule has 0 bridgehead atoms. The molecule has 0 aliphatic heterocycles. The van der Waals surface area contributed by atoms with Crippen LogP contribution in [0.25, 0.3) is 11.1 Å². The lowest BCUT2D eigenvalue weighted by Crippen LogP contribution is -2.21. The summed E-state index contributed by atoms with van der Waals surface area (Å²) in [6, 6.07) is 9.06. The number of rotatable bonds is 3. The molecule has 1 aromatic carbocycles. The van der Waals surface area contributed by atoms with Crippen molar-refractivity contribution in [2.24, 2.45) is 0 Å². The molecule has 0 amide bonds. The zero-order valence-corrected chi connectivity index (χ0v) is 9.41. The minimum atomic E-state index is -1.16. The number of carbonyl (C=O) groups excluding carboxylic acids is 1. The molecule has 0 saturated heterocycles. The van der Waals surface area contributed by atoms with Crippen molar-refractivity contribution in [1.29, 1.82) is 0 Å². The van der Waals surface area contributed by atoms with Crippen molar-refractivity contribution in [3.63, 3.8) is 0 Å². The van der Waals surface area contributed by atoms with Gasteiger partial charge in [0.25, 0.3) is 0 Å². The van der Waals surface area contributed by atoms with Gasteiger partial charge in [0, 0.05) is 11.1 Å². The number of carbonyl (C=O) groups is 1. The number of benzene rings is 1. The second kappa shape index (κ2) is 4.37. The van der Waals surface area contributed by atoms with E-state index in [0.717, 1.165) is 16.9 Å². The van der Waals surface area contributed by atoms with Crippen molar-refractivity contribution in [2.45, 2.75) is 0 Å². The van der Waals surface area contributed by atoms with E-state index in [1.54, 1.807) is 24.6 Å². The molecule has 82 valence electrons. The van der Waals surface area contributed by atoms with Gasteiger partial charge in [-0.1, -0.05) is 18.2 Å². The second-order valence-corrected chi connectivity index (χ2v) is 4.07. The lowest BCUT2D eigenvalue weighted by atomic mass is 10.1. The zero-order chi connectivity index (χ0) is 11.5. The Balaban J connectivity index is 2.58. The maximum absolute atomic E-state index is 10.9. The standard InChI is InChI=1S/C12H10O3S/c1-15-10-5-3-2-4-8(10)9-6-7-16-11(9)12(13)14/h2-7H,1H3,(H,13,14)/p-1. The van der Waals surface area contributed by atoms with Gasteiger partial charge in [-0.25, -0.2) is 0 Å². The Morgan fingerprint density at radius 3 is 2.69 bits per heavy atom. The molecular formula is C12H9O3S-. The Morgan fingerprint density at radius 2 is 2.00 bits per heavy atom. The predicted molar refractivity (Wildman–Crippen MR) is 60.6 cm³/mol. The van der Waals surface area contributed by atoms with Crippen LogP contribution in [0.3, 0.4) is 0 Å². The summed E-state index contributed by atoms with van der Waals surface area (Å²) in [7, 11) is 1.56. The topological polar surface area (TPSA) is 49.4 Å². The van der Waals surface area contributed by atoms with Crippen LogP contribution in [-0.4, -0.2) is 13.1 Å². The van der Waals surface area contributed by atoms with Gasteiger partial charge in [-0.2, -0.15) is 0 Å². The van der Waals surface area contributed by atoms with Crippen LogP contribution in [0.2, 0.25) is 0 Å². The molecule has 1 aromatic heterocycles. The molecule has 2 aromatic rings. The number of methoxy groups -OCH3 is 1. The Bertz CT molecular complexity index is 516. The summed E-state index contributed by atoms with van der Waals surface area (Å²) >= 11 is 1.15. The first-order chi connectivity index (χ1) is 7.74. The predicted octanol–water partition coefficient (Wildman–Crippen LogP) is 1.79. The summed E-state index contributed by atoms with van der Waals surface area (Å²) in [6.07, 6.45) is 0. The molecular weight excluding hydrogens is 224 g/mol. The molecule has 1 heterocycles. The van der Waals surface area contributed by atoms with Gasteiger partial charge in [0.05, 0.1) is 18.0 Å². The van der Waals surface area contributed by atoms with Crippen molar-refractivity contribution < 1.29 is 14.6 Å². The van der Waals surface area contributed by atoms with Gasteiger partial charge in [0.2, 0.25) is 0 Å². The van der Waals surface area contributed by atoms with Gasteiger partial charge in [0.1, 0.15) is 5.75 Å². The molecule has 2 rings (SSSR count). The Morgan fingerprint density at radius 1 is 1.25 bits per heavy atom. The number of thiophene rings is 1. The van der Waals surface area contributed by atoms with Crippen molar-refractivity contribution in [3.05, 3.63) is 40.6 Å². The van der Waals surface area contributed by atoms with Crippen LogP contribution < -0.4 is 9.84 Å². The number of ether oxygens (including phenoxy) is 1. The van der Waals surface area contributed by atoms with E-state index >= 15 is 0 Å². The van der Waals surface area contributed by atoms with Gasteiger partial charge in [-0.05, 0) is 17.5 Å². The normalized spacial score (nSPS) is 10.1. The molecule has 0 fully saturated rings. The summed E-state index contributed by atoms with van der Waals surface area (Å²) in [5.74, 6) is -0.501. The zero-order valence-electron chi connectivity index (χ0n) is 8.60. The van der Waals surface area contributed by atoms with Crippen LogP contribution in [0.4, 0.5) is 0 Å². The highest BCUT2D eigenvalue weighted by atomic mass is 32.1. The lowest BCUT2D eigenvalue weighted by Gasteiger charge is -2.09. The molecule has 0 unspecified atom stereocenters. The third-order valence-electron chi connectivity index (χ3n) is 2.25.